The number of rotatable bonds is 12. The molecule has 1 aromatic heterocycles. The Morgan fingerprint density at radius 1 is 0.875 bits per heavy atom. The Hall–Kier alpha value is -4.96. The van der Waals surface area contributed by atoms with Gasteiger partial charge in [0.15, 0.2) is 5.69 Å². The van der Waals surface area contributed by atoms with Gasteiger partial charge in [0.05, 0.1) is 23.9 Å². The Bertz CT molecular complexity index is 1740. The van der Waals surface area contributed by atoms with Crippen molar-refractivity contribution in [1.29, 1.82) is 0 Å². The Labute approximate surface area is 282 Å². The van der Waals surface area contributed by atoms with E-state index in [-0.39, 0.29) is 18.4 Å². The minimum absolute atomic E-state index is 0.134. The van der Waals surface area contributed by atoms with Crippen molar-refractivity contribution < 1.29 is 19.5 Å². The summed E-state index contributed by atoms with van der Waals surface area (Å²) in [5, 5.41) is 20.8. The van der Waals surface area contributed by atoms with Crippen LogP contribution in [-0.2, 0) is 13.0 Å². The molecular formula is C38H46N6O4. The van der Waals surface area contributed by atoms with Crippen LogP contribution in [0.3, 0.4) is 0 Å². The SMILES string of the molecule is CCCCN(CCCC)C(=O)c1cc(C)n(-c2ccc(NC(=O)Nc3ccc(C)cc3)cc2C(=O)N2Cc3ccccc3C[C@H]2CO)n1. The highest BCUT2D eigenvalue weighted by molar-refractivity contribution is 6.03. The summed E-state index contributed by atoms with van der Waals surface area (Å²) >= 11 is 0. The molecule has 2 heterocycles. The molecule has 0 radical (unpaired) electrons. The largest absolute Gasteiger partial charge is 0.394 e. The number of fused-ring (bicyclic) bond motifs is 1. The molecule has 48 heavy (non-hydrogen) atoms. The van der Waals surface area contributed by atoms with Crippen molar-refractivity contribution in [3.63, 3.8) is 0 Å². The highest BCUT2D eigenvalue weighted by atomic mass is 16.3. The minimum Gasteiger partial charge on any atom is -0.394 e. The molecule has 1 aliphatic heterocycles. The predicted molar refractivity (Wildman–Crippen MR) is 189 cm³/mol. The van der Waals surface area contributed by atoms with Gasteiger partial charge >= 0.3 is 6.03 Å². The number of unbranched alkanes of at least 4 members (excludes halogenated alkanes) is 2. The summed E-state index contributed by atoms with van der Waals surface area (Å²) < 4.78 is 1.63. The summed E-state index contributed by atoms with van der Waals surface area (Å²) in [5.74, 6) is -0.442. The second-order valence-electron chi connectivity index (χ2n) is 12.5. The molecule has 4 aromatic rings. The molecule has 0 fully saturated rings. The number of hydrogen-bond acceptors (Lipinski definition) is 5. The van der Waals surface area contributed by atoms with E-state index in [9.17, 15) is 19.5 Å². The number of nitrogens with zero attached hydrogens (tertiary/aromatic N) is 4. The fourth-order valence-corrected chi connectivity index (χ4v) is 6.04. The first-order chi connectivity index (χ1) is 23.2. The maximum Gasteiger partial charge on any atom is 0.323 e. The van der Waals surface area contributed by atoms with Gasteiger partial charge in [0.2, 0.25) is 0 Å². The van der Waals surface area contributed by atoms with Crippen LogP contribution in [0.25, 0.3) is 5.69 Å². The first kappa shape index (κ1) is 34.4. The third kappa shape index (κ3) is 7.94. The Morgan fingerprint density at radius 3 is 2.19 bits per heavy atom. The van der Waals surface area contributed by atoms with E-state index in [1.165, 1.54) is 0 Å². The smallest absolute Gasteiger partial charge is 0.323 e. The molecule has 252 valence electrons. The Morgan fingerprint density at radius 2 is 1.52 bits per heavy atom. The van der Waals surface area contributed by atoms with E-state index in [0.717, 1.165) is 42.4 Å². The lowest BCUT2D eigenvalue weighted by Crippen LogP contribution is -2.46. The maximum absolute atomic E-state index is 14.5. The van der Waals surface area contributed by atoms with Crippen LogP contribution < -0.4 is 10.6 Å². The first-order valence-electron chi connectivity index (χ1n) is 16.9. The summed E-state index contributed by atoms with van der Waals surface area (Å²) in [7, 11) is 0. The number of urea groups is 1. The normalized spacial score (nSPS) is 13.9. The van der Waals surface area contributed by atoms with Gasteiger partial charge in [0, 0.05) is 36.7 Å². The third-order valence-corrected chi connectivity index (χ3v) is 8.81. The zero-order valence-electron chi connectivity index (χ0n) is 28.3. The van der Waals surface area contributed by atoms with Crippen LogP contribution in [-0.4, -0.2) is 68.3 Å². The molecule has 3 aromatic carbocycles. The second kappa shape index (κ2) is 15.8. The molecule has 3 N–H and O–H groups in total. The molecule has 0 bridgehead atoms. The summed E-state index contributed by atoms with van der Waals surface area (Å²) in [4.78, 5) is 44.7. The number of carbonyl (C=O) groups excluding carboxylic acids is 3. The number of aliphatic hydroxyl groups excluding tert-OH is 1. The number of aryl methyl sites for hydroxylation is 2. The van der Waals surface area contributed by atoms with Gasteiger partial charge in [0.1, 0.15) is 0 Å². The molecule has 0 aliphatic carbocycles. The quantitative estimate of drug-likeness (QED) is 0.157. The van der Waals surface area contributed by atoms with Crippen molar-refractivity contribution >= 4 is 29.2 Å². The molecule has 0 unspecified atom stereocenters. The number of aliphatic hydroxyl groups is 1. The lowest BCUT2D eigenvalue weighted by molar-refractivity contribution is 0.0544. The average molecular weight is 651 g/mol. The van der Waals surface area contributed by atoms with Gasteiger partial charge in [-0.15, -0.1) is 0 Å². The number of hydrogen-bond donors (Lipinski definition) is 3. The van der Waals surface area contributed by atoms with Crippen LogP contribution >= 0.6 is 0 Å². The Balaban J connectivity index is 1.51. The molecular weight excluding hydrogens is 604 g/mol. The lowest BCUT2D eigenvalue weighted by atomic mass is 9.93. The van der Waals surface area contributed by atoms with Crippen molar-refractivity contribution in [2.24, 2.45) is 0 Å². The van der Waals surface area contributed by atoms with Crippen LogP contribution in [0.5, 0.6) is 0 Å². The van der Waals surface area contributed by atoms with Gasteiger partial charge in [-0.05, 0) is 80.6 Å². The first-order valence-corrected chi connectivity index (χ1v) is 16.9. The molecule has 10 heteroatoms. The third-order valence-electron chi connectivity index (χ3n) is 8.81. The Kier molecular flexibility index (Phi) is 11.3. The summed E-state index contributed by atoms with van der Waals surface area (Å²) in [5.41, 5.74) is 6.03. The topological polar surface area (TPSA) is 120 Å². The summed E-state index contributed by atoms with van der Waals surface area (Å²) in [6, 6.07) is 21.4. The fourth-order valence-electron chi connectivity index (χ4n) is 6.04. The van der Waals surface area contributed by atoms with Crippen molar-refractivity contribution in [3.05, 3.63) is 106 Å². The number of benzene rings is 3. The van der Waals surface area contributed by atoms with Crippen molar-refractivity contribution in [1.82, 2.24) is 19.6 Å². The van der Waals surface area contributed by atoms with Crippen LogP contribution in [0.1, 0.15) is 82.8 Å². The minimum atomic E-state index is -0.451. The number of carbonyl (C=O) groups is 3. The molecule has 0 saturated heterocycles. The fraction of sp³-hybridized carbons (Fsp3) is 0.368. The summed E-state index contributed by atoms with van der Waals surface area (Å²) in [6.45, 7) is 9.49. The van der Waals surface area contributed by atoms with Gasteiger partial charge in [-0.3, -0.25) is 9.59 Å². The van der Waals surface area contributed by atoms with Crippen LogP contribution in [0.4, 0.5) is 16.2 Å². The molecule has 10 nitrogen and oxygen atoms in total. The van der Waals surface area contributed by atoms with Gasteiger partial charge in [-0.25, -0.2) is 9.48 Å². The number of amides is 4. The van der Waals surface area contributed by atoms with Crippen molar-refractivity contribution in [2.75, 3.05) is 30.3 Å². The van der Waals surface area contributed by atoms with E-state index in [2.05, 4.69) is 24.5 Å². The van der Waals surface area contributed by atoms with Gasteiger partial charge in [-0.2, -0.15) is 5.10 Å². The predicted octanol–water partition coefficient (Wildman–Crippen LogP) is 6.73. The second-order valence-corrected chi connectivity index (χ2v) is 12.5. The average Bonchev–Trinajstić information content (AvgIpc) is 3.49. The molecule has 1 atom stereocenters. The van der Waals surface area contributed by atoms with Gasteiger partial charge in [-0.1, -0.05) is 68.7 Å². The number of nitrogens with one attached hydrogen (secondary N) is 2. The van der Waals surface area contributed by atoms with E-state index in [0.29, 0.717) is 60.1 Å². The van der Waals surface area contributed by atoms with E-state index in [4.69, 9.17) is 5.10 Å². The molecule has 1 aliphatic rings. The number of anilines is 2. The molecule has 5 rings (SSSR count). The summed E-state index contributed by atoms with van der Waals surface area (Å²) in [6.07, 6.45) is 4.30. The molecule has 0 saturated carbocycles. The highest BCUT2D eigenvalue weighted by Crippen LogP contribution is 2.29. The zero-order chi connectivity index (χ0) is 34.2. The van der Waals surface area contributed by atoms with Gasteiger partial charge in [0.25, 0.3) is 11.8 Å². The number of aromatic nitrogens is 2. The highest BCUT2D eigenvalue weighted by Gasteiger charge is 2.32. The zero-order valence-corrected chi connectivity index (χ0v) is 28.3. The van der Waals surface area contributed by atoms with Gasteiger partial charge < -0.3 is 25.5 Å². The standard InChI is InChI=1S/C38H46N6O4/c1-5-7-19-42(20-8-6-2)37(47)34-21-27(4)44(41-34)35-18-17-31(40-38(48)39-30-15-13-26(3)14-16-30)23-33(35)36(46)43-24-29-12-10-9-11-28(29)22-32(43)25-45/h9-18,21,23,32,45H,5-8,19-20,22,24-25H2,1-4H3,(H2,39,40,48)/t32-/m0/s1. The molecule has 0 spiro atoms. The van der Waals surface area contributed by atoms with Crippen LogP contribution in [0.2, 0.25) is 0 Å². The van der Waals surface area contributed by atoms with Crippen molar-refractivity contribution in [2.45, 2.75) is 72.4 Å². The van der Waals surface area contributed by atoms with Crippen molar-refractivity contribution in [3.8, 4) is 5.69 Å². The van der Waals surface area contributed by atoms with E-state index in [1.807, 2.05) is 67.3 Å². The molecule has 4 amide bonds. The van der Waals surface area contributed by atoms with Crippen LogP contribution in [0.15, 0.2) is 72.8 Å². The van der Waals surface area contributed by atoms with E-state index in [1.54, 1.807) is 33.8 Å². The van der Waals surface area contributed by atoms with Crippen LogP contribution in [0, 0.1) is 13.8 Å². The lowest BCUT2D eigenvalue weighted by Gasteiger charge is -2.36. The maximum atomic E-state index is 14.5. The monoisotopic (exact) mass is 650 g/mol. The van der Waals surface area contributed by atoms with E-state index < -0.39 is 12.1 Å². The van der Waals surface area contributed by atoms with E-state index >= 15 is 0 Å².